The number of para-hydroxylation sites is 4. The summed E-state index contributed by atoms with van der Waals surface area (Å²) in [4.78, 5) is 31.6. The van der Waals surface area contributed by atoms with Crippen LogP contribution in [-0.2, 0) is 0 Å². The summed E-state index contributed by atoms with van der Waals surface area (Å²) < 4.78 is 9.45. The number of benzene rings is 5. The molecule has 10 aromatic heterocycles. The zero-order valence-electron chi connectivity index (χ0n) is 39.1. The minimum atomic E-state index is 0.708. The van der Waals surface area contributed by atoms with Gasteiger partial charge in [-0.2, -0.15) is 0 Å². The first-order valence-corrected chi connectivity index (χ1v) is 24.1. The predicted molar refractivity (Wildman–Crippen MR) is 291 cm³/mol. The number of fused-ring (bicyclic) bond motifs is 12. The van der Waals surface area contributed by atoms with E-state index in [9.17, 15) is 0 Å². The van der Waals surface area contributed by atoms with E-state index in [0.717, 1.165) is 133 Å². The third kappa shape index (κ3) is 5.65. The van der Waals surface area contributed by atoms with Crippen LogP contribution in [0.4, 0.5) is 0 Å². The summed E-state index contributed by atoms with van der Waals surface area (Å²) in [6.07, 6.45) is 7.53. The highest BCUT2D eigenvalue weighted by Crippen LogP contribution is 2.50. The van der Waals surface area contributed by atoms with Gasteiger partial charge in [0.25, 0.3) is 0 Å². The molecule has 0 amide bonds. The van der Waals surface area contributed by atoms with Crippen LogP contribution in [0.2, 0.25) is 0 Å². The molecule has 0 bridgehead atoms. The maximum absolute atomic E-state index is 6.29. The van der Waals surface area contributed by atoms with Crippen molar-refractivity contribution >= 4 is 87.7 Å². The van der Waals surface area contributed by atoms with Gasteiger partial charge in [-0.3, -0.25) is 34.1 Å². The molecular formula is C62H40N10. The fourth-order valence-corrected chi connectivity index (χ4v) is 11.5. The number of pyridine rings is 6. The van der Waals surface area contributed by atoms with Gasteiger partial charge in [0, 0.05) is 63.3 Å². The Morgan fingerprint density at radius 2 is 0.625 bits per heavy atom. The normalized spacial score (nSPS) is 12.0. The van der Waals surface area contributed by atoms with Crippen LogP contribution in [-0.4, -0.2) is 48.2 Å². The average molecular weight is 925 g/mol. The lowest BCUT2D eigenvalue weighted by Gasteiger charge is -2.27. The van der Waals surface area contributed by atoms with Gasteiger partial charge < -0.3 is 9.13 Å². The molecule has 0 aliphatic rings. The Kier molecular flexibility index (Phi) is 8.55. The summed E-state index contributed by atoms with van der Waals surface area (Å²) in [5, 5.41) is 4.11. The van der Waals surface area contributed by atoms with E-state index in [2.05, 4.69) is 190 Å². The van der Waals surface area contributed by atoms with E-state index in [1.54, 1.807) is 0 Å². The molecular weight excluding hydrogens is 885 g/mol. The van der Waals surface area contributed by atoms with Gasteiger partial charge >= 0.3 is 0 Å². The van der Waals surface area contributed by atoms with Crippen molar-refractivity contribution in [3.05, 3.63) is 218 Å². The van der Waals surface area contributed by atoms with Gasteiger partial charge in [0.15, 0.2) is 11.6 Å². The van der Waals surface area contributed by atoms with Crippen molar-refractivity contribution in [1.82, 2.24) is 48.2 Å². The summed E-state index contributed by atoms with van der Waals surface area (Å²) >= 11 is 0. The number of hydrogen-bond donors (Lipinski definition) is 0. The molecule has 338 valence electrons. The molecule has 10 nitrogen and oxygen atoms in total. The highest BCUT2D eigenvalue weighted by Gasteiger charge is 2.33. The van der Waals surface area contributed by atoms with Gasteiger partial charge in [-0.25, -0.2) is 4.98 Å². The molecule has 5 aromatic carbocycles. The van der Waals surface area contributed by atoms with Gasteiger partial charge in [-0.05, 0) is 115 Å². The van der Waals surface area contributed by atoms with Gasteiger partial charge in [-0.15, -0.1) is 0 Å². The second-order valence-electron chi connectivity index (χ2n) is 18.4. The molecule has 0 radical (unpaired) electrons. The van der Waals surface area contributed by atoms with Gasteiger partial charge in [0.2, 0.25) is 0 Å². The van der Waals surface area contributed by atoms with Crippen LogP contribution < -0.4 is 0 Å². The van der Waals surface area contributed by atoms with Crippen molar-refractivity contribution in [3.8, 4) is 45.3 Å². The molecule has 0 spiro atoms. The quantitative estimate of drug-likeness (QED) is 0.165. The highest BCUT2D eigenvalue weighted by molar-refractivity contribution is 6.14. The van der Waals surface area contributed by atoms with E-state index >= 15 is 0 Å². The number of nitrogens with zero attached hydrogens (tertiary/aromatic N) is 10. The van der Waals surface area contributed by atoms with E-state index in [4.69, 9.17) is 29.9 Å². The van der Waals surface area contributed by atoms with E-state index < -0.39 is 0 Å². The maximum atomic E-state index is 6.29. The van der Waals surface area contributed by atoms with E-state index in [1.165, 1.54) is 0 Å². The van der Waals surface area contributed by atoms with Crippen molar-refractivity contribution in [2.75, 3.05) is 0 Å². The van der Waals surface area contributed by atoms with Crippen LogP contribution in [0.1, 0.15) is 11.4 Å². The van der Waals surface area contributed by atoms with Crippen LogP contribution in [0.15, 0.2) is 207 Å². The second-order valence-corrected chi connectivity index (χ2v) is 18.4. The zero-order valence-corrected chi connectivity index (χ0v) is 39.1. The average Bonchev–Trinajstić information content (AvgIpc) is 4.15. The number of aromatic nitrogens is 10. The van der Waals surface area contributed by atoms with Crippen molar-refractivity contribution in [2.24, 2.45) is 0 Å². The molecule has 0 saturated heterocycles. The fraction of sp³-hybridized carbons (Fsp3) is 0.0323. The summed E-state index contributed by atoms with van der Waals surface area (Å²) in [6.45, 7) is 4.14. The van der Waals surface area contributed by atoms with E-state index in [-0.39, 0.29) is 0 Å². The van der Waals surface area contributed by atoms with Gasteiger partial charge in [-0.1, -0.05) is 97.1 Å². The molecule has 0 atom stereocenters. The van der Waals surface area contributed by atoms with Gasteiger partial charge in [0.05, 0.1) is 66.2 Å². The third-order valence-corrected chi connectivity index (χ3v) is 14.3. The van der Waals surface area contributed by atoms with Crippen LogP contribution >= 0.6 is 0 Å². The Hall–Kier alpha value is -9.80. The number of rotatable bonds is 6. The Labute approximate surface area is 411 Å². The standard InChI is InChI=1S/C62H40N10/c1-37-35-39(36-38(2)67-37)40-17-3-4-18-41(40)54-59(69-46-23-9-5-19-42(46)55-50(69)27-13-31-63-55)61(71-48-25-11-7-21-44(48)57-52(71)29-15-33-65-57)68-62(72-49-26-12-8-22-45(49)58-53(72)30-16-34-66-58)60(54)70-47-24-10-6-20-43(47)56-51(70)28-14-32-64-56/h3-36H,1-2H3. The van der Waals surface area contributed by atoms with E-state index in [1.807, 2.05) is 49.1 Å². The largest absolute Gasteiger partial charge is 0.304 e. The summed E-state index contributed by atoms with van der Waals surface area (Å²) in [6, 6.07) is 64.2. The summed E-state index contributed by atoms with van der Waals surface area (Å²) in [5.41, 5.74) is 18.9. The van der Waals surface area contributed by atoms with Gasteiger partial charge in [0.1, 0.15) is 11.4 Å². The van der Waals surface area contributed by atoms with Crippen molar-refractivity contribution in [1.29, 1.82) is 0 Å². The SMILES string of the molecule is Cc1cc(-c2ccccc2-c2c(-n3c4ccccc4c4ncccc43)c(-n3c4ccccc4c4ncccc43)nc(-n3c4ccccc4c4ncccc43)c2-n2c3ccccc3c3ncccc32)cc(C)n1. The molecule has 72 heavy (non-hydrogen) atoms. The predicted octanol–water partition coefficient (Wildman–Crippen LogP) is 14.4. The zero-order chi connectivity index (χ0) is 47.6. The Morgan fingerprint density at radius 3 is 1.03 bits per heavy atom. The first-order chi connectivity index (χ1) is 35.6. The minimum Gasteiger partial charge on any atom is -0.304 e. The van der Waals surface area contributed by atoms with Crippen molar-refractivity contribution in [2.45, 2.75) is 13.8 Å². The number of hydrogen-bond acceptors (Lipinski definition) is 6. The molecule has 15 aromatic rings. The maximum Gasteiger partial charge on any atom is 0.165 e. The van der Waals surface area contributed by atoms with Crippen molar-refractivity contribution in [3.63, 3.8) is 0 Å². The highest BCUT2D eigenvalue weighted by atomic mass is 15.2. The third-order valence-electron chi connectivity index (χ3n) is 14.3. The fourth-order valence-electron chi connectivity index (χ4n) is 11.5. The topological polar surface area (TPSA) is 97.1 Å². The molecule has 0 aliphatic heterocycles. The first kappa shape index (κ1) is 40.1. The molecule has 10 heterocycles. The lowest BCUT2D eigenvalue weighted by molar-refractivity contribution is 0.960. The number of aryl methyl sites for hydroxylation is 2. The monoisotopic (exact) mass is 924 g/mol. The minimum absolute atomic E-state index is 0.708. The van der Waals surface area contributed by atoms with Crippen LogP contribution in [0.5, 0.6) is 0 Å². The lowest BCUT2D eigenvalue weighted by atomic mass is 9.91. The molecule has 0 N–H and O–H groups in total. The Morgan fingerprint density at radius 1 is 0.306 bits per heavy atom. The molecule has 0 saturated carbocycles. The second kappa shape index (κ2) is 15.4. The lowest BCUT2D eigenvalue weighted by Crippen LogP contribution is -2.16. The molecule has 0 aliphatic carbocycles. The Balaban J connectivity index is 1.30. The molecule has 15 rings (SSSR count). The van der Waals surface area contributed by atoms with E-state index in [0.29, 0.717) is 11.6 Å². The smallest absolute Gasteiger partial charge is 0.165 e. The Bertz CT molecular complexity index is 4260. The molecule has 10 heteroatoms. The van der Waals surface area contributed by atoms with Crippen molar-refractivity contribution < 1.29 is 0 Å². The van der Waals surface area contributed by atoms with Crippen LogP contribution in [0.3, 0.4) is 0 Å². The van der Waals surface area contributed by atoms with Crippen LogP contribution in [0.25, 0.3) is 133 Å². The van der Waals surface area contributed by atoms with Crippen LogP contribution in [0, 0.1) is 13.8 Å². The summed E-state index contributed by atoms with van der Waals surface area (Å²) in [7, 11) is 0. The summed E-state index contributed by atoms with van der Waals surface area (Å²) in [5.74, 6) is 1.42. The molecule has 0 fully saturated rings. The molecule has 0 unspecified atom stereocenters. The first-order valence-electron chi connectivity index (χ1n) is 24.1.